The first-order chi connectivity index (χ1) is 7.84. The quantitative estimate of drug-likeness (QED) is 0.587. The number of anilines is 4. The van der Waals surface area contributed by atoms with Crippen LogP contribution in [0.25, 0.3) is 0 Å². The van der Waals surface area contributed by atoms with Crippen LogP contribution in [0.3, 0.4) is 0 Å². The van der Waals surface area contributed by atoms with E-state index in [0.29, 0.717) is 0 Å². The van der Waals surface area contributed by atoms with Crippen molar-refractivity contribution in [2.24, 2.45) is 0 Å². The van der Waals surface area contributed by atoms with Crippen LogP contribution in [0.2, 0.25) is 0 Å². The SMILES string of the molecule is Nc1cccc2c1Nc1ccccc1NC2. The Bertz CT molecular complexity index is 534. The largest absolute Gasteiger partial charge is 0.397 e. The summed E-state index contributed by atoms with van der Waals surface area (Å²) in [5.41, 5.74) is 11.1. The second kappa shape index (κ2) is 3.45. The van der Waals surface area contributed by atoms with Crippen LogP contribution in [-0.4, -0.2) is 0 Å². The highest BCUT2D eigenvalue weighted by Crippen LogP contribution is 2.34. The lowest BCUT2D eigenvalue weighted by molar-refractivity contribution is 1.17. The Morgan fingerprint density at radius 3 is 2.62 bits per heavy atom. The summed E-state index contributed by atoms with van der Waals surface area (Å²) >= 11 is 0. The van der Waals surface area contributed by atoms with E-state index < -0.39 is 0 Å². The third-order valence-corrected chi connectivity index (χ3v) is 2.84. The van der Waals surface area contributed by atoms with Crippen molar-refractivity contribution in [1.82, 2.24) is 0 Å². The fourth-order valence-electron chi connectivity index (χ4n) is 1.99. The molecule has 0 spiro atoms. The summed E-state index contributed by atoms with van der Waals surface area (Å²) in [6.07, 6.45) is 0. The molecule has 16 heavy (non-hydrogen) atoms. The third-order valence-electron chi connectivity index (χ3n) is 2.84. The van der Waals surface area contributed by atoms with Crippen LogP contribution >= 0.6 is 0 Å². The number of rotatable bonds is 0. The van der Waals surface area contributed by atoms with E-state index in [4.69, 9.17) is 5.73 Å². The lowest BCUT2D eigenvalue weighted by Gasteiger charge is -2.10. The Morgan fingerprint density at radius 2 is 1.75 bits per heavy atom. The van der Waals surface area contributed by atoms with Gasteiger partial charge in [-0.15, -0.1) is 0 Å². The van der Waals surface area contributed by atoms with Gasteiger partial charge in [-0.1, -0.05) is 24.3 Å². The van der Waals surface area contributed by atoms with E-state index >= 15 is 0 Å². The van der Waals surface area contributed by atoms with Gasteiger partial charge in [0.15, 0.2) is 0 Å². The Balaban J connectivity index is 2.13. The monoisotopic (exact) mass is 211 g/mol. The van der Waals surface area contributed by atoms with Gasteiger partial charge in [0.25, 0.3) is 0 Å². The summed E-state index contributed by atoms with van der Waals surface area (Å²) in [5, 5.41) is 6.77. The molecule has 0 aromatic heterocycles. The van der Waals surface area contributed by atoms with Gasteiger partial charge in [-0.25, -0.2) is 0 Å². The van der Waals surface area contributed by atoms with E-state index in [1.807, 2.05) is 30.3 Å². The molecule has 1 heterocycles. The lowest BCUT2D eigenvalue weighted by Crippen LogP contribution is -1.99. The maximum atomic E-state index is 5.98. The van der Waals surface area contributed by atoms with Gasteiger partial charge in [0, 0.05) is 6.54 Å². The van der Waals surface area contributed by atoms with Gasteiger partial charge < -0.3 is 16.4 Å². The Hall–Kier alpha value is -2.16. The number of nitrogens with two attached hydrogens (primary N) is 1. The van der Waals surface area contributed by atoms with Crippen LogP contribution < -0.4 is 16.4 Å². The first kappa shape index (κ1) is 9.09. The molecule has 3 heteroatoms. The Labute approximate surface area is 94.3 Å². The lowest BCUT2D eigenvalue weighted by atomic mass is 10.1. The Kier molecular flexibility index (Phi) is 1.96. The van der Waals surface area contributed by atoms with Gasteiger partial charge in [-0.3, -0.25) is 0 Å². The summed E-state index contributed by atoms with van der Waals surface area (Å²) in [5.74, 6) is 0. The normalized spacial score (nSPS) is 12.8. The number of hydrogen-bond donors (Lipinski definition) is 3. The molecule has 3 nitrogen and oxygen atoms in total. The second-order valence-electron chi connectivity index (χ2n) is 3.91. The summed E-state index contributed by atoms with van der Waals surface area (Å²) in [6.45, 7) is 0.796. The van der Waals surface area contributed by atoms with Crippen molar-refractivity contribution in [3.05, 3.63) is 48.0 Å². The molecule has 0 unspecified atom stereocenters. The number of nitrogen functional groups attached to an aromatic ring is 1. The van der Waals surface area contributed by atoms with Gasteiger partial charge in [-0.05, 0) is 23.8 Å². The number of hydrogen-bond acceptors (Lipinski definition) is 3. The minimum Gasteiger partial charge on any atom is -0.397 e. The van der Waals surface area contributed by atoms with E-state index in [1.165, 1.54) is 5.56 Å². The Morgan fingerprint density at radius 1 is 0.938 bits per heavy atom. The van der Waals surface area contributed by atoms with E-state index in [9.17, 15) is 0 Å². The molecule has 1 aliphatic heterocycles. The van der Waals surface area contributed by atoms with Crippen molar-refractivity contribution in [3.63, 3.8) is 0 Å². The summed E-state index contributed by atoms with van der Waals surface area (Å²) in [4.78, 5) is 0. The number of fused-ring (bicyclic) bond motifs is 2. The van der Waals surface area contributed by atoms with Crippen molar-refractivity contribution in [2.45, 2.75) is 6.54 Å². The van der Waals surface area contributed by atoms with Gasteiger partial charge in [0.2, 0.25) is 0 Å². The van der Waals surface area contributed by atoms with Crippen molar-refractivity contribution in [2.75, 3.05) is 16.4 Å². The molecule has 0 saturated carbocycles. The highest BCUT2D eigenvalue weighted by molar-refractivity contribution is 5.83. The standard InChI is InChI=1S/C13H13N3/c14-10-5-3-4-9-8-15-11-6-1-2-7-12(11)16-13(9)10/h1-7,15-16H,8,14H2. The average molecular weight is 211 g/mol. The molecular formula is C13H13N3. The fourth-order valence-corrected chi connectivity index (χ4v) is 1.99. The minimum atomic E-state index is 0.788. The first-order valence-electron chi connectivity index (χ1n) is 5.32. The number of benzene rings is 2. The molecule has 1 aliphatic rings. The highest BCUT2D eigenvalue weighted by Gasteiger charge is 2.12. The number of nitrogens with one attached hydrogen (secondary N) is 2. The zero-order chi connectivity index (χ0) is 11.0. The van der Waals surface area contributed by atoms with Crippen LogP contribution in [0.5, 0.6) is 0 Å². The molecule has 80 valence electrons. The maximum absolute atomic E-state index is 5.98. The fraction of sp³-hybridized carbons (Fsp3) is 0.0769. The van der Waals surface area contributed by atoms with Gasteiger partial charge in [-0.2, -0.15) is 0 Å². The third kappa shape index (κ3) is 1.37. The zero-order valence-electron chi connectivity index (χ0n) is 8.83. The molecule has 3 rings (SSSR count). The molecule has 4 N–H and O–H groups in total. The summed E-state index contributed by atoms with van der Waals surface area (Å²) in [6, 6.07) is 14.1. The molecule has 2 aromatic rings. The van der Waals surface area contributed by atoms with Crippen LogP contribution in [0.1, 0.15) is 5.56 Å². The van der Waals surface area contributed by atoms with Crippen LogP contribution in [-0.2, 0) is 6.54 Å². The molecular weight excluding hydrogens is 198 g/mol. The van der Waals surface area contributed by atoms with E-state index in [2.05, 4.69) is 22.8 Å². The number of para-hydroxylation sites is 3. The molecule has 0 atom stereocenters. The van der Waals surface area contributed by atoms with E-state index in [-0.39, 0.29) is 0 Å². The predicted molar refractivity (Wildman–Crippen MR) is 67.9 cm³/mol. The van der Waals surface area contributed by atoms with E-state index in [0.717, 1.165) is 29.3 Å². The van der Waals surface area contributed by atoms with Crippen molar-refractivity contribution >= 4 is 22.7 Å². The summed E-state index contributed by atoms with van der Waals surface area (Å²) < 4.78 is 0. The highest BCUT2D eigenvalue weighted by atomic mass is 15.0. The topological polar surface area (TPSA) is 50.1 Å². The second-order valence-corrected chi connectivity index (χ2v) is 3.91. The van der Waals surface area contributed by atoms with Crippen LogP contribution in [0, 0.1) is 0 Å². The van der Waals surface area contributed by atoms with Crippen molar-refractivity contribution in [1.29, 1.82) is 0 Å². The van der Waals surface area contributed by atoms with Crippen molar-refractivity contribution < 1.29 is 0 Å². The molecule has 0 saturated heterocycles. The molecule has 0 bridgehead atoms. The predicted octanol–water partition coefficient (Wildman–Crippen LogP) is 2.94. The van der Waals surface area contributed by atoms with Crippen LogP contribution in [0.15, 0.2) is 42.5 Å². The van der Waals surface area contributed by atoms with Gasteiger partial charge in [0.1, 0.15) is 0 Å². The van der Waals surface area contributed by atoms with Gasteiger partial charge in [0.05, 0.1) is 22.7 Å². The summed E-state index contributed by atoms with van der Waals surface area (Å²) in [7, 11) is 0. The molecule has 0 radical (unpaired) electrons. The zero-order valence-corrected chi connectivity index (χ0v) is 8.83. The molecule has 0 fully saturated rings. The average Bonchev–Trinajstić information content (AvgIpc) is 2.50. The first-order valence-corrected chi connectivity index (χ1v) is 5.32. The molecule has 0 aliphatic carbocycles. The minimum absolute atomic E-state index is 0.788. The smallest absolute Gasteiger partial charge is 0.0668 e. The maximum Gasteiger partial charge on any atom is 0.0668 e. The van der Waals surface area contributed by atoms with Gasteiger partial charge >= 0.3 is 0 Å². The van der Waals surface area contributed by atoms with Crippen LogP contribution in [0.4, 0.5) is 22.7 Å². The molecule has 2 aromatic carbocycles. The van der Waals surface area contributed by atoms with E-state index in [1.54, 1.807) is 0 Å². The van der Waals surface area contributed by atoms with Crippen molar-refractivity contribution in [3.8, 4) is 0 Å². The molecule has 0 amide bonds.